The standard InChI is InChI=1S/C22H19Cl3F3N3O4S/c23-13-5-10(6-14(24)17(13)25)21(22(26,27)28)7-15(31-35-21)18-11-3-1-2-4-12(11)19(36-18)20(34)29-8-16(33)30-9-32/h5-6,32H,1-4,7-9H2,(H,29,34)(H,30,33). The molecule has 2 aromatic rings. The zero-order valence-corrected chi connectivity index (χ0v) is 21.5. The number of alkyl halides is 3. The van der Waals surface area contributed by atoms with Crippen LogP contribution >= 0.6 is 46.1 Å². The second-order valence-electron chi connectivity index (χ2n) is 8.25. The normalized spacial score (nSPS) is 19.4. The molecule has 1 aromatic carbocycles. The minimum atomic E-state index is -4.88. The fraction of sp³-hybridized carbons (Fsp3) is 0.409. The topological polar surface area (TPSA) is 100 Å². The van der Waals surface area contributed by atoms with Crippen LogP contribution in [0, 0.1) is 0 Å². The van der Waals surface area contributed by atoms with Crippen molar-refractivity contribution in [2.75, 3.05) is 13.3 Å². The van der Waals surface area contributed by atoms with Gasteiger partial charge in [-0.15, -0.1) is 11.3 Å². The number of rotatable bonds is 6. The Morgan fingerprint density at radius 1 is 1.11 bits per heavy atom. The zero-order valence-electron chi connectivity index (χ0n) is 18.4. The van der Waals surface area contributed by atoms with Gasteiger partial charge in [0.1, 0.15) is 12.4 Å². The Morgan fingerprint density at radius 2 is 1.75 bits per heavy atom. The van der Waals surface area contributed by atoms with E-state index in [-0.39, 0.29) is 32.9 Å². The number of nitrogens with zero attached hydrogens (tertiary/aromatic N) is 1. The van der Waals surface area contributed by atoms with Crippen molar-refractivity contribution in [2.45, 2.75) is 43.9 Å². The first-order valence-electron chi connectivity index (χ1n) is 10.8. The quantitative estimate of drug-likeness (QED) is 0.330. The van der Waals surface area contributed by atoms with Gasteiger partial charge in [-0.25, -0.2) is 0 Å². The molecular weight excluding hydrogens is 566 g/mol. The number of thiophene rings is 1. The van der Waals surface area contributed by atoms with E-state index >= 15 is 0 Å². The van der Waals surface area contributed by atoms with Gasteiger partial charge in [0.2, 0.25) is 5.91 Å². The van der Waals surface area contributed by atoms with Crippen molar-refractivity contribution >= 4 is 63.7 Å². The Balaban J connectivity index is 1.69. The summed E-state index contributed by atoms with van der Waals surface area (Å²) in [6, 6.07) is 2.11. The van der Waals surface area contributed by atoms with Crippen LogP contribution in [0.25, 0.3) is 0 Å². The molecule has 14 heteroatoms. The molecule has 1 aliphatic carbocycles. The third-order valence-corrected chi connectivity index (χ3v) is 8.53. The first kappa shape index (κ1) is 27.0. The lowest BCUT2D eigenvalue weighted by molar-refractivity contribution is -0.275. The van der Waals surface area contributed by atoms with E-state index in [1.165, 1.54) is 0 Å². The summed E-state index contributed by atoms with van der Waals surface area (Å²) in [5.41, 5.74) is -1.65. The lowest BCUT2D eigenvalue weighted by atomic mass is 9.85. The maximum Gasteiger partial charge on any atom is 0.435 e. The van der Waals surface area contributed by atoms with Crippen molar-refractivity contribution in [3.63, 3.8) is 0 Å². The number of amides is 2. The van der Waals surface area contributed by atoms with Crippen molar-refractivity contribution in [2.24, 2.45) is 5.16 Å². The molecule has 3 N–H and O–H groups in total. The molecule has 2 amide bonds. The van der Waals surface area contributed by atoms with Gasteiger partial charge in [-0.1, -0.05) is 40.0 Å². The molecule has 36 heavy (non-hydrogen) atoms. The van der Waals surface area contributed by atoms with Crippen molar-refractivity contribution < 1.29 is 32.7 Å². The van der Waals surface area contributed by atoms with Crippen LogP contribution in [-0.4, -0.2) is 42.1 Å². The summed E-state index contributed by atoms with van der Waals surface area (Å²) in [5.74, 6) is -1.12. The highest BCUT2D eigenvalue weighted by molar-refractivity contribution is 7.16. The number of halogens is 6. The first-order valence-corrected chi connectivity index (χ1v) is 12.7. The SMILES string of the molecule is O=C(CNC(=O)c1sc(C2=NOC(c3cc(Cl)c(Cl)c(Cl)c3)(C(F)(F)F)C2)c2c1CCCC2)NCO. The summed E-state index contributed by atoms with van der Waals surface area (Å²) < 4.78 is 43.3. The molecule has 4 rings (SSSR count). The van der Waals surface area contributed by atoms with Crippen LogP contribution in [0.4, 0.5) is 13.2 Å². The monoisotopic (exact) mass is 583 g/mol. The molecule has 1 aliphatic heterocycles. The Bertz CT molecular complexity index is 1230. The van der Waals surface area contributed by atoms with E-state index in [0.29, 0.717) is 22.6 Å². The van der Waals surface area contributed by atoms with E-state index in [0.717, 1.165) is 47.4 Å². The average Bonchev–Trinajstić information content (AvgIpc) is 3.44. The molecule has 0 radical (unpaired) electrons. The maximum absolute atomic E-state index is 14.4. The minimum absolute atomic E-state index is 0.0507. The third kappa shape index (κ3) is 4.91. The molecule has 0 spiro atoms. The zero-order chi connectivity index (χ0) is 26.3. The predicted octanol–water partition coefficient (Wildman–Crippen LogP) is 4.97. The Labute approximate surface area is 222 Å². The van der Waals surface area contributed by atoms with Crippen molar-refractivity contribution in [1.29, 1.82) is 0 Å². The van der Waals surface area contributed by atoms with Gasteiger partial charge in [-0.3, -0.25) is 9.59 Å². The molecule has 7 nitrogen and oxygen atoms in total. The fourth-order valence-corrected chi connectivity index (χ4v) is 6.14. The molecular formula is C22H19Cl3F3N3O4S. The number of aliphatic hydroxyl groups is 1. The second kappa shape index (κ2) is 10.4. The van der Waals surface area contributed by atoms with Crippen molar-refractivity contribution in [3.8, 4) is 0 Å². The summed E-state index contributed by atoms with van der Waals surface area (Å²) in [6.07, 6.45) is -2.79. The van der Waals surface area contributed by atoms with Crippen molar-refractivity contribution in [3.05, 3.63) is 53.6 Å². The number of carbonyl (C=O) groups is 2. The molecule has 1 aromatic heterocycles. The van der Waals surface area contributed by atoms with Gasteiger partial charge in [0, 0.05) is 5.56 Å². The molecule has 0 saturated heterocycles. The number of aliphatic hydroxyl groups excluding tert-OH is 1. The highest BCUT2D eigenvalue weighted by Gasteiger charge is 2.62. The van der Waals surface area contributed by atoms with Gasteiger partial charge in [-0.05, 0) is 48.9 Å². The molecule has 2 heterocycles. The van der Waals surface area contributed by atoms with E-state index < -0.39 is 36.7 Å². The largest absolute Gasteiger partial charge is 0.435 e. The second-order valence-corrected chi connectivity index (χ2v) is 10.5. The van der Waals surface area contributed by atoms with Crippen LogP contribution in [0.5, 0.6) is 0 Å². The van der Waals surface area contributed by atoms with Gasteiger partial charge in [0.25, 0.3) is 11.5 Å². The van der Waals surface area contributed by atoms with Crippen LogP contribution in [-0.2, 0) is 28.1 Å². The van der Waals surface area contributed by atoms with Crippen LogP contribution < -0.4 is 10.6 Å². The van der Waals surface area contributed by atoms with E-state index in [4.69, 9.17) is 44.7 Å². The summed E-state index contributed by atoms with van der Waals surface area (Å²) in [6.45, 7) is -0.932. The number of oxime groups is 1. The van der Waals surface area contributed by atoms with Gasteiger partial charge in [0.05, 0.1) is 37.8 Å². The number of benzene rings is 1. The van der Waals surface area contributed by atoms with Crippen LogP contribution in [0.1, 0.15) is 50.5 Å². The van der Waals surface area contributed by atoms with E-state index in [2.05, 4.69) is 15.8 Å². The first-order chi connectivity index (χ1) is 17.0. The lowest BCUT2D eigenvalue weighted by Crippen LogP contribution is -2.42. The number of carbonyl (C=O) groups excluding carboxylic acids is 2. The number of hydrogen-bond donors (Lipinski definition) is 3. The Morgan fingerprint density at radius 3 is 2.36 bits per heavy atom. The molecule has 0 saturated carbocycles. The Hall–Kier alpha value is -2.05. The number of nitrogens with one attached hydrogen (secondary N) is 2. The molecule has 2 aliphatic rings. The van der Waals surface area contributed by atoms with E-state index in [9.17, 15) is 22.8 Å². The molecule has 194 valence electrons. The van der Waals surface area contributed by atoms with Gasteiger partial charge in [-0.2, -0.15) is 13.2 Å². The van der Waals surface area contributed by atoms with Gasteiger partial charge >= 0.3 is 6.18 Å². The molecule has 0 fully saturated rings. The van der Waals surface area contributed by atoms with Gasteiger partial charge in [0.15, 0.2) is 0 Å². The Kier molecular flexibility index (Phi) is 7.78. The lowest BCUT2D eigenvalue weighted by Gasteiger charge is -2.30. The highest BCUT2D eigenvalue weighted by Crippen LogP contribution is 2.51. The highest BCUT2D eigenvalue weighted by atomic mass is 35.5. The van der Waals surface area contributed by atoms with E-state index in [1.54, 1.807) is 0 Å². The minimum Gasteiger partial charge on any atom is -0.376 e. The molecule has 1 atom stereocenters. The van der Waals surface area contributed by atoms with Crippen LogP contribution in [0.2, 0.25) is 15.1 Å². The average molecular weight is 585 g/mol. The summed E-state index contributed by atoms with van der Waals surface area (Å²) in [7, 11) is 0. The smallest absolute Gasteiger partial charge is 0.376 e. The summed E-state index contributed by atoms with van der Waals surface area (Å²) in [5, 5.41) is 16.8. The molecule has 1 unspecified atom stereocenters. The van der Waals surface area contributed by atoms with Crippen molar-refractivity contribution in [1.82, 2.24) is 10.6 Å². The predicted molar refractivity (Wildman–Crippen MR) is 130 cm³/mol. The third-order valence-electron chi connectivity index (χ3n) is 6.01. The number of fused-ring (bicyclic) bond motifs is 1. The van der Waals surface area contributed by atoms with Crippen LogP contribution in [0.3, 0.4) is 0 Å². The summed E-state index contributed by atoms with van der Waals surface area (Å²) >= 11 is 19.0. The number of hydrogen-bond acceptors (Lipinski definition) is 6. The fourth-order valence-electron chi connectivity index (χ4n) is 4.25. The van der Waals surface area contributed by atoms with Gasteiger partial charge < -0.3 is 20.6 Å². The summed E-state index contributed by atoms with van der Waals surface area (Å²) in [4.78, 5) is 30.3. The van der Waals surface area contributed by atoms with Crippen LogP contribution in [0.15, 0.2) is 17.3 Å². The maximum atomic E-state index is 14.4. The van der Waals surface area contributed by atoms with E-state index in [1.807, 2.05) is 0 Å². The molecule has 0 bridgehead atoms.